The Balaban J connectivity index is 1.59. The lowest BCUT2D eigenvalue weighted by atomic mass is 9.80. The van der Waals surface area contributed by atoms with Crippen molar-refractivity contribution in [2.24, 2.45) is 0 Å². The molecule has 1 aliphatic rings. The quantitative estimate of drug-likeness (QED) is 0.880. The molecule has 2 N–H and O–H groups in total. The maximum atomic E-state index is 12.3. The number of benzene rings is 2. The molecule has 25 heavy (non-hydrogen) atoms. The second-order valence-electron chi connectivity index (χ2n) is 7.04. The highest BCUT2D eigenvalue weighted by molar-refractivity contribution is 5.94. The van der Waals surface area contributed by atoms with E-state index >= 15 is 0 Å². The first-order valence-corrected chi connectivity index (χ1v) is 8.79. The fraction of sp³-hybridized carbons (Fsp3) is 0.381. The van der Waals surface area contributed by atoms with E-state index in [0.29, 0.717) is 18.4 Å². The lowest BCUT2D eigenvalue weighted by Gasteiger charge is -2.33. The molecule has 1 unspecified atom stereocenters. The molecule has 0 heterocycles. The summed E-state index contributed by atoms with van der Waals surface area (Å²) in [4.78, 5) is 12.3. The maximum absolute atomic E-state index is 12.3. The van der Waals surface area contributed by atoms with Crippen LogP contribution in [-0.4, -0.2) is 29.3 Å². The van der Waals surface area contributed by atoms with E-state index in [0.717, 1.165) is 12.2 Å². The smallest absolute Gasteiger partial charge is 0.251 e. The number of amides is 1. The molecule has 0 aliphatic heterocycles. The summed E-state index contributed by atoms with van der Waals surface area (Å²) in [5.74, 6) is 0.567. The van der Waals surface area contributed by atoms with Gasteiger partial charge < -0.3 is 15.2 Å². The normalized spacial score (nSPS) is 19.4. The molecule has 1 aliphatic carbocycles. The number of fused-ring (bicyclic) bond motifs is 1. The van der Waals surface area contributed by atoms with Crippen molar-refractivity contribution in [3.63, 3.8) is 0 Å². The minimum absolute atomic E-state index is 0.100. The van der Waals surface area contributed by atoms with Gasteiger partial charge in [0.1, 0.15) is 5.75 Å². The Morgan fingerprint density at radius 1 is 1.16 bits per heavy atom. The predicted octanol–water partition coefficient (Wildman–Crippen LogP) is 3.12. The average Bonchev–Trinajstić information content (AvgIpc) is 2.60. The number of hydrogen-bond acceptors (Lipinski definition) is 3. The van der Waals surface area contributed by atoms with E-state index in [-0.39, 0.29) is 18.6 Å². The van der Waals surface area contributed by atoms with Crippen LogP contribution in [0.15, 0.2) is 48.5 Å². The number of ether oxygens (including phenoxy) is 1. The third kappa shape index (κ3) is 4.40. The summed E-state index contributed by atoms with van der Waals surface area (Å²) in [6, 6.07) is 15.2. The Morgan fingerprint density at radius 2 is 1.84 bits per heavy atom. The molecule has 0 aromatic heterocycles. The number of nitrogens with one attached hydrogen (secondary N) is 1. The highest BCUT2D eigenvalue weighted by Gasteiger charge is 2.32. The van der Waals surface area contributed by atoms with Crippen LogP contribution < -0.4 is 10.1 Å². The monoisotopic (exact) mass is 339 g/mol. The molecule has 0 saturated carbocycles. The van der Waals surface area contributed by atoms with Crippen LogP contribution in [0.1, 0.15) is 41.8 Å². The molecule has 132 valence electrons. The van der Waals surface area contributed by atoms with Crippen molar-refractivity contribution in [1.29, 1.82) is 0 Å². The van der Waals surface area contributed by atoms with Crippen molar-refractivity contribution < 1.29 is 14.6 Å². The minimum Gasteiger partial charge on any atom is -0.491 e. The van der Waals surface area contributed by atoms with E-state index in [4.69, 9.17) is 4.74 Å². The summed E-state index contributed by atoms with van der Waals surface area (Å²) in [6.45, 7) is 4.18. The van der Waals surface area contributed by atoms with Gasteiger partial charge in [-0.25, -0.2) is 0 Å². The minimum atomic E-state index is -0.884. The molecular weight excluding hydrogens is 314 g/mol. The van der Waals surface area contributed by atoms with E-state index < -0.39 is 5.60 Å². The number of carbonyl (C=O) groups is 1. The van der Waals surface area contributed by atoms with Crippen molar-refractivity contribution in [1.82, 2.24) is 5.32 Å². The molecule has 0 radical (unpaired) electrons. The highest BCUT2D eigenvalue weighted by atomic mass is 16.5. The van der Waals surface area contributed by atoms with Crippen molar-refractivity contribution in [3.05, 3.63) is 65.2 Å². The van der Waals surface area contributed by atoms with Gasteiger partial charge in [-0.1, -0.05) is 24.3 Å². The van der Waals surface area contributed by atoms with E-state index in [1.165, 1.54) is 11.1 Å². The number of aliphatic hydroxyl groups is 1. The topological polar surface area (TPSA) is 58.6 Å². The van der Waals surface area contributed by atoms with Gasteiger partial charge in [0.2, 0.25) is 0 Å². The van der Waals surface area contributed by atoms with Gasteiger partial charge in [-0.15, -0.1) is 0 Å². The first kappa shape index (κ1) is 17.5. The fourth-order valence-corrected chi connectivity index (χ4v) is 3.24. The van der Waals surface area contributed by atoms with Crippen molar-refractivity contribution in [2.75, 3.05) is 6.54 Å². The lowest BCUT2D eigenvalue weighted by Crippen LogP contribution is -2.46. The third-order valence-electron chi connectivity index (χ3n) is 4.56. The highest BCUT2D eigenvalue weighted by Crippen LogP contribution is 2.28. The molecule has 1 amide bonds. The number of carbonyl (C=O) groups excluding carboxylic acids is 1. The Kier molecular flexibility index (Phi) is 5.09. The molecule has 1 atom stereocenters. The van der Waals surface area contributed by atoms with Crippen molar-refractivity contribution in [3.8, 4) is 5.75 Å². The third-order valence-corrected chi connectivity index (χ3v) is 4.56. The Hall–Kier alpha value is -2.33. The molecule has 0 bridgehead atoms. The summed E-state index contributed by atoms with van der Waals surface area (Å²) in [7, 11) is 0. The zero-order valence-electron chi connectivity index (χ0n) is 14.8. The maximum Gasteiger partial charge on any atom is 0.251 e. The van der Waals surface area contributed by atoms with E-state index in [2.05, 4.69) is 17.4 Å². The number of rotatable bonds is 5. The van der Waals surface area contributed by atoms with Crippen LogP contribution in [0.25, 0.3) is 0 Å². The second-order valence-corrected chi connectivity index (χ2v) is 7.04. The molecule has 4 heteroatoms. The Labute approximate surface area is 148 Å². The van der Waals surface area contributed by atoms with Crippen LogP contribution in [0, 0.1) is 0 Å². The van der Waals surface area contributed by atoms with Gasteiger partial charge >= 0.3 is 0 Å². The van der Waals surface area contributed by atoms with Gasteiger partial charge in [-0.05, 0) is 62.1 Å². The van der Waals surface area contributed by atoms with Gasteiger partial charge in [0.25, 0.3) is 5.91 Å². The Morgan fingerprint density at radius 3 is 2.52 bits per heavy atom. The average molecular weight is 339 g/mol. The second kappa shape index (κ2) is 7.28. The predicted molar refractivity (Wildman–Crippen MR) is 98.0 cm³/mol. The van der Waals surface area contributed by atoms with Crippen molar-refractivity contribution >= 4 is 5.91 Å². The molecule has 0 saturated heterocycles. The van der Waals surface area contributed by atoms with Gasteiger partial charge in [0.15, 0.2) is 0 Å². The van der Waals surface area contributed by atoms with Crippen LogP contribution in [0.2, 0.25) is 0 Å². The fourth-order valence-electron chi connectivity index (χ4n) is 3.24. The van der Waals surface area contributed by atoms with Crippen LogP contribution in [0.3, 0.4) is 0 Å². The summed E-state index contributed by atoms with van der Waals surface area (Å²) in [6.07, 6.45) is 2.17. The van der Waals surface area contributed by atoms with Gasteiger partial charge in [0.05, 0.1) is 11.7 Å². The lowest BCUT2D eigenvalue weighted by molar-refractivity contribution is 0.0260. The first-order chi connectivity index (χ1) is 12.0. The van der Waals surface area contributed by atoms with Gasteiger partial charge in [-0.2, -0.15) is 0 Å². The SMILES string of the molecule is CC(C)Oc1ccc(C(=O)NCC2(O)CCc3ccccc3C2)cc1. The largest absolute Gasteiger partial charge is 0.491 e. The molecule has 2 aromatic carbocycles. The molecule has 3 rings (SSSR count). The van der Waals surface area contributed by atoms with Crippen LogP contribution in [0.5, 0.6) is 5.75 Å². The molecule has 2 aromatic rings. The van der Waals surface area contributed by atoms with Gasteiger partial charge in [0, 0.05) is 18.5 Å². The Bertz CT molecular complexity index is 739. The zero-order chi connectivity index (χ0) is 17.9. The van der Waals surface area contributed by atoms with Crippen LogP contribution in [-0.2, 0) is 12.8 Å². The summed E-state index contributed by atoms with van der Waals surface area (Å²) < 4.78 is 5.58. The summed E-state index contributed by atoms with van der Waals surface area (Å²) in [5, 5.41) is 13.7. The number of hydrogen-bond donors (Lipinski definition) is 2. The van der Waals surface area contributed by atoms with Crippen molar-refractivity contribution in [2.45, 2.75) is 44.8 Å². The standard InChI is InChI=1S/C21H25NO3/c1-15(2)25-19-9-7-17(8-10-19)20(23)22-14-21(24)12-11-16-5-3-4-6-18(16)13-21/h3-10,15,24H,11-14H2,1-2H3,(H,22,23). The molecule has 4 nitrogen and oxygen atoms in total. The van der Waals surface area contributed by atoms with E-state index in [1.54, 1.807) is 24.3 Å². The van der Waals surface area contributed by atoms with Gasteiger partial charge in [-0.3, -0.25) is 4.79 Å². The summed E-state index contributed by atoms with van der Waals surface area (Å²) in [5.41, 5.74) is 2.14. The number of aryl methyl sites for hydroxylation is 1. The van der Waals surface area contributed by atoms with Crippen LogP contribution in [0.4, 0.5) is 0 Å². The van der Waals surface area contributed by atoms with E-state index in [1.807, 2.05) is 26.0 Å². The van der Waals surface area contributed by atoms with E-state index in [9.17, 15) is 9.90 Å². The molecule has 0 spiro atoms. The summed E-state index contributed by atoms with van der Waals surface area (Å²) >= 11 is 0. The molecular formula is C21H25NO3. The first-order valence-electron chi connectivity index (χ1n) is 8.79. The van der Waals surface area contributed by atoms with Crippen LogP contribution >= 0.6 is 0 Å². The molecule has 0 fully saturated rings. The zero-order valence-corrected chi connectivity index (χ0v) is 14.8.